The van der Waals surface area contributed by atoms with E-state index in [0.29, 0.717) is 22.8 Å². The van der Waals surface area contributed by atoms with Gasteiger partial charge in [0.1, 0.15) is 17.3 Å². The summed E-state index contributed by atoms with van der Waals surface area (Å²) < 4.78 is 15.5. The van der Waals surface area contributed by atoms with Crippen LogP contribution in [0, 0.1) is 13.8 Å². The summed E-state index contributed by atoms with van der Waals surface area (Å²) in [6, 6.07) is 11.4. The van der Waals surface area contributed by atoms with E-state index in [4.69, 9.17) is 13.6 Å². The van der Waals surface area contributed by atoms with Crippen molar-refractivity contribution in [3.8, 4) is 5.75 Å². The Bertz CT molecular complexity index is 937. The highest BCUT2D eigenvalue weighted by atomic mass is 16.5. The molecule has 3 aromatic rings. The van der Waals surface area contributed by atoms with Crippen molar-refractivity contribution >= 4 is 18.1 Å². The van der Waals surface area contributed by atoms with Gasteiger partial charge < -0.3 is 13.6 Å². The summed E-state index contributed by atoms with van der Waals surface area (Å²) in [6.07, 6.45) is 2.88. The first-order valence-electron chi connectivity index (χ1n) is 7.79. The number of carbonyl (C=O) groups is 2. The molecule has 0 aliphatic carbocycles. The van der Waals surface area contributed by atoms with Crippen LogP contribution in [0.1, 0.15) is 38.0 Å². The Morgan fingerprint density at radius 1 is 1.15 bits per heavy atom. The molecule has 2 heterocycles. The van der Waals surface area contributed by atoms with Gasteiger partial charge in [0.2, 0.25) is 5.76 Å². The van der Waals surface area contributed by atoms with Gasteiger partial charge in [-0.25, -0.2) is 10.2 Å². The van der Waals surface area contributed by atoms with E-state index in [0.717, 1.165) is 5.56 Å². The van der Waals surface area contributed by atoms with Crippen LogP contribution in [0.25, 0.3) is 0 Å². The summed E-state index contributed by atoms with van der Waals surface area (Å²) in [5.41, 5.74) is 3.61. The molecule has 1 amide bonds. The van der Waals surface area contributed by atoms with E-state index in [1.807, 2.05) is 0 Å². The number of furan rings is 2. The first kappa shape index (κ1) is 17.2. The van der Waals surface area contributed by atoms with Crippen LogP contribution in [0.4, 0.5) is 0 Å². The van der Waals surface area contributed by atoms with Crippen LogP contribution < -0.4 is 10.2 Å². The Hall–Kier alpha value is -3.61. The number of hydrazone groups is 1. The molecule has 0 atom stereocenters. The number of ether oxygens (including phenoxy) is 1. The maximum atomic E-state index is 12.0. The number of carbonyl (C=O) groups excluding carboxylic acids is 2. The van der Waals surface area contributed by atoms with Crippen molar-refractivity contribution in [1.82, 2.24) is 5.43 Å². The van der Waals surface area contributed by atoms with Crippen LogP contribution >= 0.6 is 0 Å². The summed E-state index contributed by atoms with van der Waals surface area (Å²) >= 11 is 0. The maximum Gasteiger partial charge on any atom is 0.379 e. The minimum atomic E-state index is -0.575. The minimum absolute atomic E-state index is 0.128. The Morgan fingerprint density at radius 2 is 1.92 bits per heavy atom. The Morgan fingerprint density at radius 3 is 2.54 bits per heavy atom. The number of aryl methyl sites for hydroxylation is 2. The summed E-state index contributed by atoms with van der Waals surface area (Å²) in [5, 5.41) is 3.91. The van der Waals surface area contributed by atoms with Crippen molar-refractivity contribution in [1.29, 1.82) is 0 Å². The van der Waals surface area contributed by atoms with Gasteiger partial charge in [-0.15, -0.1) is 0 Å². The lowest BCUT2D eigenvalue weighted by Gasteiger charge is -2.02. The fourth-order valence-corrected chi connectivity index (χ4v) is 2.26. The van der Waals surface area contributed by atoms with Gasteiger partial charge in [-0.05, 0) is 61.9 Å². The standard InChI is InChI=1S/C19H16N2O5/c1-12-10-16(13(2)25-12)18(22)21-20-11-14-5-7-15(8-6-14)26-19(23)17-4-3-9-24-17/h3-11H,1-2H3,(H,21,22)/b20-11-. The largest absolute Gasteiger partial charge is 0.466 e. The van der Waals surface area contributed by atoms with E-state index >= 15 is 0 Å². The van der Waals surface area contributed by atoms with Crippen molar-refractivity contribution in [3.63, 3.8) is 0 Å². The van der Waals surface area contributed by atoms with Crippen molar-refractivity contribution in [3.05, 3.63) is 77.1 Å². The van der Waals surface area contributed by atoms with Gasteiger partial charge in [0.25, 0.3) is 5.91 Å². The summed E-state index contributed by atoms with van der Waals surface area (Å²) in [5.74, 6) is 0.781. The van der Waals surface area contributed by atoms with E-state index in [1.165, 1.54) is 18.5 Å². The van der Waals surface area contributed by atoms with Crippen LogP contribution in [0.3, 0.4) is 0 Å². The fourth-order valence-electron chi connectivity index (χ4n) is 2.26. The van der Waals surface area contributed by atoms with Crippen molar-refractivity contribution in [2.45, 2.75) is 13.8 Å². The third-order valence-electron chi connectivity index (χ3n) is 3.48. The number of hydrogen-bond acceptors (Lipinski definition) is 6. The van der Waals surface area contributed by atoms with Gasteiger partial charge in [0.05, 0.1) is 18.0 Å². The number of esters is 1. The summed E-state index contributed by atoms with van der Waals surface area (Å²) in [6.45, 7) is 3.49. The zero-order valence-electron chi connectivity index (χ0n) is 14.2. The summed E-state index contributed by atoms with van der Waals surface area (Å²) in [7, 11) is 0. The van der Waals surface area contributed by atoms with Crippen molar-refractivity contribution < 1.29 is 23.2 Å². The lowest BCUT2D eigenvalue weighted by molar-refractivity contribution is 0.0701. The predicted octanol–water partition coefficient (Wildman–Crippen LogP) is 3.47. The highest BCUT2D eigenvalue weighted by Crippen LogP contribution is 2.15. The van der Waals surface area contributed by atoms with Crippen LogP contribution in [0.5, 0.6) is 5.75 Å². The minimum Gasteiger partial charge on any atom is -0.466 e. The maximum absolute atomic E-state index is 12.0. The second-order valence-electron chi connectivity index (χ2n) is 5.46. The van der Waals surface area contributed by atoms with E-state index in [2.05, 4.69) is 10.5 Å². The second kappa shape index (κ2) is 7.52. The molecule has 2 aromatic heterocycles. The zero-order valence-corrected chi connectivity index (χ0v) is 14.2. The SMILES string of the molecule is Cc1cc(C(=O)N/N=C\c2ccc(OC(=O)c3ccco3)cc2)c(C)o1. The third-order valence-corrected chi connectivity index (χ3v) is 3.48. The van der Waals surface area contributed by atoms with Crippen LogP contribution in [-0.2, 0) is 0 Å². The number of hydrogen-bond donors (Lipinski definition) is 1. The molecule has 0 aliphatic rings. The average molecular weight is 352 g/mol. The molecule has 7 nitrogen and oxygen atoms in total. The first-order chi connectivity index (χ1) is 12.5. The number of nitrogens with one attached hydrogen (secondary N) is 1. The smallest absolute Gasteiger partial charge is 0.379 e. The van der Waals surface area contributed by atoms with Gasteiger partial charge in [-0.1, -0.05) is 0 Å². The van der Waals surface area contributed by atoms with Crippen LogP contribution in [0.15, 0.2) is 62.7 Å². The van der Waals surface area contributed by atoms with E-state index < -0.39 is 5.97 Å². The van der Waals surface area contributed by atoms with Gasteiger partial charge in [0, 0.05) is 0 Å². The third kappa shape index (κ3) is 4.07. The predicted molar refractivity (Wildman–Crippen MR) is 93.4 cm³/mol. The average Bonchev–Trinajstić information content (AvgIpc) is 3.26. The van der Waals surface area contributed by atoms with E-state index in [-0.39, 0.29) is 11.7 Å². The molecular weight excluding hydrogens is 336 g/mol. The van der Waals surface area contributed by atoms with E-state index in [9.17, 15) is 9.59 Å². The van der Waals surface area contributed by atoms with Crippen molar-refractivity contribution in [2.24, 2.45) is 5.10 Å². The topological polar surface area (TPSA) is 94.0 Å². The van der Waals surface area contributed by atoms with Gasteiger partial charge >= 0.3 is 5.97 Å². The molecule has 132 valence electrons. The molecule has 0 radical (unpaired) electrons. The number of rotatable bonds is 5. The van der Waals surface area contributed by atoms with E-state index in [1.54, 1.807) is 50.2 Å². The zero-order chi connectivity index (χ0) is 18.5. The molecule has 1 aromatic carbocycles. The van der Waals surface area contributed by atoms with Crippen molar-refractivity contribution in [2.75, 3.05) is 0 Å². The Labute approximate surface area is 149 Å². The molecule has 0 fully saturated rings. The quantitative estimate of drug-likeness (QED) is 0.328. The number of benzene rings is 1. The molecule has 0 unspecified atom stereocenters. The lowest BCUT2D eigenvalue weighted by atomic mass is 10.2. The molecule has 0 bridgehead atoms. The molecule has 26 heavy (non-hydrogen) atoms. The van der Waals surface area contributed by atoms with Crippen LogP contribution in [-0.4, -0.2) is 18.1 Å². The molecule has 0 saturated heterocycles. The number of amides is 1. The van der Waals surface area contributed by atoms with Crippen LogP contribution in [0.2, 0.25) is 0 Å². The van der Waals surface area contributed by atoms with Gasteiger partial charge in [0.15, 0.2) is 0 Å². The Balaban J connectivity index is 1.57. The fraction of sp³-hybridized carbons (Fsp3) is 0.105. The molecule has 0 saturated carbocycles. The molecule has 0 aliphatic heterocycles. The lowest BCUT2D eigenvalue weighted by Crippen LogP contribution is -2.17. The second-order valence-corrected chi connectivity index (χ2v) is 5.46. The Kier molecular flexibility index (Phi) is 4.98. The highest BCUT2D eigenvalue weighted by molar-refractivity contribution is 5.95. The molecule has 3 rings (SSSR count). The molecule has 1 N–H and O–H groups in total. The highest BCUT2D eigenvalue weighted by Gasteiger charge is 2.13. The monoisotopic (exact) mass is 352 g/mol. The summed E-state index contributed by atoms with van der Waals surface area (Å²) in [4.78, 5) is 23.8. The van der Waals surface area contributed by atoms with Gasteiger partial charge in [-0.3, -0.25) is 4.79 Å². The molecular formula is C19H16N2O5. The number of nitrogens with zero attached hydrogens (tertiary/aromatic N) is 1. The molecule has 7 heteroatoms. The molecule has 0 spiro atoms. The van der Waals surface area contributed by atoms with Gasteiger partial charge in [-0.2, -0.15) is 5.10 Å². The first-order valence-corrected chi connectivity index (χ1v) is 7.79. The normalized spacial score (nSPS) is 10.8.